The Kier molecular flexibility index (Phi) is 6.82. The Bertz CT molecular complexity index is 106. The van der Waals surface area contributed by atoms with Crippen molar-refractivity contribution in [1.29, 1.82) is 0 Å². The minimum absolute atomic E-state index is 0. The number of halogens is 1. The third-order valence-corrected chi connectivity index (χ3v) is 1.19. The molecule has 10 heavy (non-hydrogen) atoms. The van der Waals surface area contributed by atoms with Gasteiger partial charge in [0.15, 0.2) is 0 Å². The molecule has 0 heterocycles. The van der Waals surface area contributed by atoms with Gasteiger partial charge in [0, 0.05) is 0 Å². The van der Waals surface area contributed by atoms with E-state index >= 15 is 0 Å². The molecule has 0 spiro atoms. The molecule has 0 fully saturated rings. The van der Waals surface area contributed by atoms with Crippen LogP contribution in [0.1, 0.15) is 13.8 Å². The van der Waals surface area contributed by atoms with Crippen LogP contribution in [0.25, 0.3) is 0 Å². The minimum Gasteiger partial charge on any atom is -1.00 e. The quantitative estimate of drug-likeness (QED) is 0.450. The van der Waals surface area contributed by atoms with E-state index in [1.165, 1.54) is 7.11 Å². The highest BCUT2D eigenvalue weighted by molar-refractivity contribution is 5.75. The Morgan fingerprint density at radius 2 is 1.90 bits per heavy atom. The van der Waals surface area contributed by atoms with Crippen LogP contribution < -0.4 is 18.1 Å². The van der Waals surface area contributed by atoms with Crippen molar-refractivity contribution in [2.45, 2.75) is 19.9 Å². The molecule has 62 valence electrons. The Balaban J connectivity index is 0. The highest BCUT2D eigenvalue weighted by atomic mass is 35.5. The predicted molar refractivity (Wildman–Crippen MR) is 34.8 cm³/mol. The Hall–Kier alpha value is -0.280. The molecular weight excluding hydrogens is 154 g/mol. The number of carbonyl (C=O) groups is 1. The summed E-state index contributed by atoms with van der Waals surface area (Å²) in [6.45, 7) is 3.75. The lowest BCUT2D eigenvalue weighted by atomic mass is 10.1. The van der Waals surface area contributed by atoms with Gasteiger partial charge in [0.25, 0.3) is 0 Å². The summed E-state index contributed by atoms with van der Waals surface area (Å²) in [5.41, 5.74) is 5.40. The van der Waals surface area contributed by atoms with Gasteiger partial charge in [-0.15, -0.1) is 0 Å². The molecule has 0 radical (unpaired) electrons. The first kappa shape index (κ1) is 12.4. The number of carbonyl (C=O) groups excluding carboxylic acids is 1. The van der Waals surface area contributed by atoms with E-state index in [9.17, 15) is 4.79 Å². The van der Waals surface area contributed by atoms with Crippen molar-refractivity contribution in [1.82, 2.24) is 0 Å². The topological polar surface area (TPSA) is 52.3 Å². The highest BCUT2D eigenvalue weighted by Gasteiger charge is 2.16. The van der Waals surface area contributed by atoms with Crippen LogP contribution in [0.5, 0.6) is 0 Å². The maximum atomic E-state index is 10.6. The smallest absolute Gasteiger partial charge is 0.322 e. The fourth-order valence-electron chi connectivity index (χ4n) is 0.408. The number of esters is 1. The van der Waals surface area contributed by atoms with Gasteiger partial charge in [-0.3, -0.25) is 4.79 Å². The van der Waals surface area contributed by atoms with Crippen molar-refractivity contribution in [2.75, 3.05) is 7.11 Å². The summed E-state index contributed by atoms with van der Waals surface area (Å²) >= 11 is 0. The first-order chi connectivity index (χ1) is 4.09. The summed E-state index contributed by atoms with van der Waals surface area (Å²) in [4.78, 5) is 10.6. The molecular formula is C6H13ClNO2-. The zero-order valence-electron chi connectivity index (χ0n) is 6.43. The summed E-state index contributed by atoms with van der Waals surface area (Å²) in [5, 5.41) is 0. The lowest BCUT2D eigenvalue weighted by molar-refractivity contribution is -0.143. The van der Waals surface area contributed by atoms with Crippen molar-refractivity contribution < 1.29 is 21.9 Å². The molecule has 1 atom stereocenters. The number of hydrogen-bond donors (Lipinski definition) is 1. The number of nitrogens with two attached hydrogens (primary N) is 1. The first-order valence-electron chi connectivity index (χ1n) is 2.93. The van der Waals surface area contributed by atoms with Crippen molar-refractivity contribution in [3.05, 3.63) is 0 Å². The van der Waals surface area contributed by atoms with Crippen LogP contribution in [0.4, 0.5) is 0 Å². The number of ether oxygens (including phenoxy) is 1. The van der Waals surface area contributed by atoms with Crippen molar-refractivity contribution in [3.8, 4) is 0 Å². The van der Waals surface area contributed by atoms with Crippen molar-refractivity contribution in [2.24, 2.45) is 11.7 Å². The van der Waals surface area contributed by atoms with Crippen molar-refractivity contribution >= 4 is 5.97 Å². The number of hydrogen-bond acceptors (Lipinski definition) is 3. The van der Waals surface area contributed by atoms with E-state index in [0.29, 0.717) is 0 Å². The van der Waals surface area contributed by atoms with Gasteiger partial charge < -0.3 is 22.9 Å². The van der Waals surface area contributed by atoms with Gasteiger partial charge in [-0.25, -0.2) is 0 Å². The molecule has 0 bridgehead atoms. The monoisotopic (exact) mass is 166 g/mol. The third kappa shape index (κ3) is 3.69. The molecule has 4 heteroatoms. The maximum absolute atomic E-state index is 10.6. The molecule has 0 rings (SSSR count). The zero-order chi connectivity index (χ0) is 7.44. The van der Waals surface area contributed by atoms with Crippen LogP contribution in [0.15, 0.2) is 0 Å². The Labute approximate surface area is 67.3 Å². The average Bonchev–Trinajstić information content (AvgIpc) is 1.84. The SMILES string of the molecule is COC(=O)[C@@H](N)C(C)C.[Cl-]. The van der Waals surface area contributed by atoms with Crippen LogP contribution in [0.3, 0.4) is 0 Å². The fraction of sp³-hybridized carbons (Fsp3) is 0.833. The second-order valence-corrected chi connectivity index (χ2v) is 2.29. The second kappa shape index (κ2) is 5.50. The predicted octanol–water partition coefficient (Wildman–Crippen LogP) is -2.85. The van der Waals surface area contributed by atoms with Gasteiger partial charge in [0.2, 0.25) is 0 Å². The molecule has 0 aliphatic heterocycles. The fourth-order valence-corrected chi connectivity index (χ4v) is 0.408. The molecule has 0 aromatic rings. The summed E-state index contributed by atoms with van der Waals surface area (Å²) in [6, 6.07) is -0.477. The molecule has 0 amide bonds. The van der Waals surface area contributed by atoms with Crippen LogP contribution in [-0.4, -0.2) is 19.1 Å². The van der Waals surface area contributed by atoms with Gasteiger partial charge in [0.1, 0.15) is 6.04 Å². The highest BCUT2D eigenvalue weighted by Crippen LogP contribution is 1.98. The first-order valence-corrected chi connectivity index (χ1v) is 2.93. The van der Waals surface area contributed by atoms with Crippen molar-refractivity contribution in [3.63, 3.8) is 0 Å². The zero-order valence-corrected chi connectivity index (χ0v) is 7.18. The van der Waals surface area contributed by atoms with Crippen LogP contribution in [0.2, 0.25) is 0 Å². The lowest BCUT2D eigenvalue weighted by Crippen LogP contribution is -3.00. The summed E-state index contributed by atoms with van der Waals surface area (Å²) in [5.74, 6) is -0.192. The molecule has 0 aliphatic carbocycles. The largest absolute Gasteiger partial charge is 1.00 e. The van der Waals surface area contributed by atoms with E-state index in [1.807, 2.05) is 13.8 Å². The summed E-state index contributed by atoms with van der Waals surface area (Å²) < 4.78 is 4.41. The maximum Gasteiger partial charge on any atom is 0.322 e. The number of methoxy groups -OCH3 is 1. The molecule has 0 aromatic carbocycles. The van der Waals surface area contributed by atoms with Gasteiger partial charge in [-0.1, -0.05) is 13.8 Å². The van der Waals surface area contributed by atoms with E-state index in [-0.39, 0.29) is 24.3 Å². The van der Waals surface area contributed by atoms with E-state index in [0.717, 1.165) is 0 Å². The van der Waals surface area contributed by atoms with E-state index in [2.05, 4.69) is 4.74 Å². The molecule has 0 aromatic heterocycles. The molecule has 2 N–H and O–H groups in total. The van der Waals surface area contributed by atoms with Gasteiger partial charge in [-0.2, -0.15) is 0 Å². The number of rotatable bonds is 2. The summed E-state index contributed by atoms with van der Waals surface area (Å²) in [6.07, 6.45) is 0. The Morgan fingerprint density at radius 1 is 1.50 bits per heavy atom. The molecule has 0 aliphatic rings. The standard InChI is InChI=1S/C6H13NO2.ClH/c1-4(2)5(7)6(8)9-3;/h4-5H,7H2,1-3H3;1H/p-1/t5-;/m0./s1. The van der Waals surface area contributed by atoms with Crippen LogP contribution >= 0.6 is 0 Å². The van der Waals surface area contributed by atoms with Crippen LogP contribution in [-0.2, 0) is 9.53 Å². The molecule has 0 saturated heterocycles. The van der Waals surface area contributed by atoms with E-state index in [4.69, 9.17) is 5.73 Å². The molecule has 0 unspecified atom stereocenters. The van der Waals surface area contributed by atoms with Crippen LogP contribution in [0, 0.1) is 5.92 Å². The average molecular weight is 167 g/mol. The molecule has 3 nitrogen and oxygen atoms in total. The Morgan fingerprint density at radius 3 is 2.00 bits per heavy atom. The minimum atomic E-state index is -0.477. The third-order valence-electron chi connectivity index (χ3n) is 1.19. The normalized spacial score (nSPS) is 12.1. The van der Waals surface area contributed by atoms with Gasteiger partial charge in [0.05, 0.1) is 7.11 Å². The van der Waals surface area contributed by atoms with E-state index < -0.39 is 6.04 Å². The van der Waals surface area contributed by atoms with Gasteiger partial charge >= 0.3 is 5.97 Å². The second-order valence-electron chi connectivity index (χ2n) is 2.29. The summed E-state index contributed by atoms with van der Waals surface area (Å²) in [7, 11) is 1.34. The molecule has 0 saturated carbocycles. The van der Waals surface area contributed by atoms with E-state index in [1.54, 1.807) is 0 Å². The van der Waals surface area contributed by atoms with Gasteiger partial charge in [-0.05, 0) is 5.92 Å². The lowest BCUT2D eigenvalue weighted by Gasteiger charge is -2.11.